The highest BCUT2D eigenvalue weighted by Crippen LogP contribution is 2.27. The predicted octanol–water partition coefficient (Wildman–Crippen LogP) is 1.89. The Morgan fingerprint density at radius 3 is 2.86 bits per heavy atom. The Balaban J connectivity index is 2.35. The van der Waals surface area contributed by atoms with Crippen molar-refractivity contribution in [1.82, 2.24) is 0 Å². The topological polar surface area (TPSA) is 46.5 Å². The van der Waals surface area contributed by atoms with E-state index in [-0.39, 0.29) is 5.92 Å². The van der Waals surface area contributed by atoms with Gasteiger partial charge in [0.1, 0.15) is 0 Å². The molecule has 0 saturated carbocycles. The molecule has 1 atom stereocenters. The summed E-state index contributed by atoms with van der Waals surface area (Å²) in [5, 5.41) is 8.99. The lowest BCUT2D eigenvalue weighted by atomic mass is 9.94. The van der Waals surface area contributed by atoms with E-state index in [1.165, 1.54) is 0 Å². The lowest BCUT2D eigenvalue weighted by molar-refractivity contribution is 0.0695. The van der Waals surface area contributed by atoms with Crippen LogP contribution in [0.1, 0.15) is 28.3 Å². The maximum Gasteiger partial charge on any atom is 0.335 e. The first-order chi connectivity index (χ1) is 6.79. The fraction of sp³-hybridized carbons (Fsp3) is 0.364. The first kappa shape index (κ1) is 9.21. The summed E-state index contributed by atoms with van der Waals surface area (Å²) in [5.41, 5.74) is 1.31. The molecular weight excluding hydrogens is 180 g/mol. The number of rotatable bonds is 2. The molecule has 1 N–H and O–H groups in total. The highest BCUT2D eigenvalue weighted by molar-refractivity contribution is 5.89. The zero-order valence-corrected chi connectivity index (χ0v) is 7.77. The monoisotopic (exact) mass is 192 g/mol. The van der Waals surface area contributed by atoms with E-state index in [1.54, 1.807) is 12.1 Å². The molecule has 14 heavy (non-hydrogen) atoms. The maximum atomic E-state index is 10.9. The Morgan fingerprint density at radius 2 is 2.21 bits per heavy atom. The van der Waals surface area contributed by atoms with Crippen molar-refractivity contribution in [1.29, 1.82) is 0 Å². The third-order valence-electron chi connectivity index (χ3n) is 2.56. The maximum absolute atomic E-state index is 10.9. The molecule has 0 radical (unpaired) electrons. The molecule has 0 aromatic heterocycles. The SMILES string of the molecule is O=C(O)c1ccccc1[C@H]1CCOC1. The summed E-state index contributed by atoms with van der Waals surface area (Å²) >= 11 is 0. The normalized spacial score (nSPS) is 21.0. The van der Waals surface area contributed by atoms with Crippen LogP contribution >= 0.6 is 0 Å². The third-order valence-corrected chi connectivity index (χ3v) is 2.56. The second kappa shape index (κ2) is 3.80. The quantitative estimate of drug-likeness (QED) is 0.778. The number of carbonyl (C=O) groups is 1. The molecule has 3 heteroatoms. The van der Waals surface area contributed by atoms with Crippen LogP contribution in [0.2, 0.25) is 0 Å². The standard InChI is InChI=1S/C11H12O3/c12-11(13)10-4-2-1-3-9(10)8-5-6-14-7-8/h1-4,8H,5-7H2,(H,12,13)/t8-/m0/s1. The first-order valence-corrected chi connectivity index (χ1v) is 4.69. The van der Waals surface area contributed by atoms with Crippen LogP contribution in [0.3, 0.4) is 0 Å². The van der Waals surface area contributed by atoms with Gasteiger partial charge in [-0.2, -0.15) is 0 Å². The summed E-state index contributed by atoms with van der Waals surface area (Å²) in [6, 6.07) is 7.15. The van der Waals surface area contributed by atoms with Crippen LogP contribution in [-0.4, -0.2) is 24.3 Å². The molecule has 0 bridgehead atoms. The number of carboxylic acid groups (broad SMARTS) is 1. The minimum atomic E-state index is -0.854. The van der Waals surface area contributed by atoms with Crippen LogP contribution in [0.15, 0.2) is 24.3 Å². The van der Waals surface area contributed by atoms with Crippen molar-refractivity contribution in [3.63, 3.8) is 0 Å². The second-order valence-electron chi connectivity index (χ2n) is 3.45. The third kappa shape index (κ3) is 1.63. The van der Waals surface area contributed by atoms with E-state index in [4.69, 9.17) is 9.84 Å². The molecular formula is C11H12O3. The van der Waals surface area contributed by atoms with Gasteiger partial charge in [-0.05, 0) is 18.1 Å². The summed E-state index contributed by atoms with van der Waals surface area (Å²) in [6.45, 7) is 1.38. The van der Waals surface area contributed by atoms with Gasteiger partial charge in [0.2, 0.25) is 0 Å². The van der Waals surface area contributed by atoms with Crippen LogP contribution in [0.4, 0.5) is 0 Å². The van der Waals surface area contributed by atoms with Crippen LogP contribution < -0.4 is 0 Å². The summed E-state index contributed by atoms with van der Waals surface area (Å²) in [5.74, 6) is -0.602. The highest BCUT2D eigenvalue weighted by Gasteiger charge is 2.22. The molecule has 0 amide bonds. The molecule has 1 fully saturated rings. The summed E-state index contributed by atoms with van der Waals surface area (Å²) in [4.78, 5) is 10.9. The Labute approximate surface area is 82.3 Å². The van der Waals surface area contributed by atoms with E-state index in [9.17, 15) is 4.79 Å². The summed E-state index contributed by atoms with van der Waals surface area (Å²) < 4.78 is 5.25. The van der Waals surface area contributed by atoms with Gasteiger partial charge in [-0.3, -0.25) is 0 Å². The van der Waals surface area contributed by atoms with Crippen molar-refractivity contribution in [2.24, 2.45) is 0 Å². The molecule has 2 rings (SSSR count). The number of hydrogen-bond acceptors (Lipinski definition) is 2. The molecule has 74 valence electrons. The average molecular weight is 192 g/mol. The van der Waals surface area contributed by atoms with Crippen LogP contribution in [0.5, 0.6) is 0 Å². The van der Waals surface area contributed by atoms with Crippen molar-refractivity contribution in [3.8, 4) is 0 Å². The van der Waals surface area contributed by atoms with E-state index in [0.717, 1.165) is 18.6 Å². The molecule has 1 aliphatic rings. The van der Waals surface area contributed by atoms with Crippen LogP contribution in [-0.2, 0) is 4.74 Å². The van der Waals surface area contributed by atoms with Crippen LogP contribution in [0, 0.1) is 0 Å². The summed E-state index contributed by atoms with van der Waals surface area (Å²) in [6.07, 6.45) is 0.921. The number of aromatic carboxylic acids is 1. The number of carboxylic acids is 1. The van der Waals surface area contributed by atoms with Gasteiger partial charge in [0.15, 0.2) is 0 Å². The molecule has 1 aliphatic heterocycles. The Bertz CT molecular complexity index is 340. The van der Waals surface area contributed by atoms with Crippen molar-refractivity contribution in [2.75, 3.05) is 13.2 Å². The molecule has 1 heterocycles. The Hall–Kier alpha value is -1.35. The van der Waals surface area contributed by atoms with Gasteiger partial charge in [-0.25, -0.2) is 4.79 Å². The smallest absolute Gasteiger partial charge is 0.335 e. The molecule has 1 aromatic carbocycles. The molecule has 0 unspecified atom stereocenters. The van der Waals surface area contributed by atoms with Gasteiger partial charge in [0.25, 0.3) is 0 Å². The van der Waals surface area contributed by atoms with E-state index in [1.807, 2.05) is 12.1 Å². The minimum absolute atomic E-state index is 0.252. The minimum Gasteiger partial charge on any atom is -0.478 e. The molecule has 0 aliphatic carbocycles. The van der Waals surface area contributed by atoms with Gasteiger partial charge < -0.3 is 9.84 Å². The lowest BCUT2D eigenvalue weighted by Crippen LogP contribution is -2.07. The largest absolute Gasteiger partial charge is 0.478 e. The zero-order chi connectivity index (χ0) is 9.97. The Kier molecular flexibility index (Phi) is 2.50. The fourth-order valence-electron chi connectivity index (χ4n) is 1.83. The van der Waals surface area contributed by atoms with E-state index in [2.05, 4.69) is 0 Å². The van der Waals surface area contributed by atoms with E-state index >= 15 is 0 Å². The van der Waals surface area contributed by atoms with Crippen LogP contribution in [0.25, 0.3) is 0 Å². The number of benzene rings is 1. The zero-order valence-electron chi connectivity index (χ0n) is 7.77. The van der Waals surface area contributed by atoms with Gasteiger partial charge in [-0.15, -0.1) is 0 Å². The van der Waals surface area contributed by atoms with Gasteiger partial charge in [0.05, 0.1) is 12.2 Å². The Morgan fingerprint density at radius 1 is 1.43 bits per heavy atom. The van der Waals surface area contributed by atoms with Crippen molar-refractivity contribution in [2.45, 2.75) is 12.3 Å². The molecule has 0 spiro atoms. The van der Waals surface area contributed by atoms with Crippen molar-refractivity contribution >= 4 is 5.97 Å². The average Bonchev–Trinajstić information content (AvgIpc) is 2.70. The molecule has 1 aromatic rings. The van der Waals surface area contributed by atoms with Gasteiger partial charge in [-0.1, -0.05) is 18.2 Å². The number of hydrogen-bond donors (Lipinski definition) is 1. The lowest BCUT2D eigenvalue weighted by Gasteiger charge is -2.10. The highest BCUT2D eigenvalue weighted by atomic mass is 16.5. The van der Waals surface area contributed by atoms with E-state index in [0.29, 0.717) is 12.2 Å². The second-order valence-corrected chi connectivity index (χ2v) is 3.45. The predicted molar refractivity (Wildman–Crippen MR) is 51.6 cm³/mol. The van der Waals surface area contributed by atoms with Crippen molar-refractivity contribution < 1.29 is 14.6 Å². The van der Waals surface area contributed by atoms with Gasteiger partial charge >= 0.3 is 5.97 Å². The molecule has 3 nitrogen and oxygen atoms in total. The van der Waals surface area contributed by atoms with Crippen molar-refractivity contribution in [3.05, 3.63) is 35.4 Å². The number of ether oxygens (including phenoxy) is 1. The molecule has 1 saturated heterocycles. The van der Waals surface area contributed by atoms with E-state index < -0.39 is 5.97 Å². The summed E-state index contributed by atoms with van der Waals surface area (Å²) in [7, 11) is 0. The first-order valence-electron chi connectivity index (χ1n) is 4.69. The fourth-order valence-corrected chi connectivity index (χ4v) is 1.83. The van der Waals surface area contributed by atoms with Gasteiger partial charge in [0, 0.05) is 12.5 Å².